The van der Waals surface area contributed by atoms with Gasteiger partial charge in [-0.15, -0.1) is 0 Å². The van der Waals surface area contributed by atoms with Crippen molar-refractivity contribution >= 4 is 12.0 Å². The molecule has 118 valence electrons. The van der Waals surface area contributed by atoms with Gasteiger partial charge in [-0.1, -0.05) is 43.7 Å². The predicted octanol–water partition coefficient (Wildman–Crippen LogP) is 3.86. The van der Waals surface area contributed by atoms with Gasteiger partial charge in [0.2, 0.25) is 5.91 Å². The van der Waals surface area contributed by atoms with E-state index in [9.17, 15) is 9.59 Å². The molecule has 0 radical (unpaired) electrons. The minimum Gasteiger partial charge on any atom is -0.444 e. The van der Waals surface area contributed by atoms with Crippen molar-refractivity contribution in [3.8, 4) is 0 Å². The van der Waals surface area contributed by atoms with E-state index < -0.39 is 6.09 Å². The Hall–Kier alpha value is -1.84. The summed E-state index contributed by atoms with van der Waals surface area (Å²) in [6, 6.07) is 10.0. The van der Waals surface area contributed by atoms with Gasteiger partial charge in [-0.2, -0.15) is 0 Å². The number of amides is 2. The summed E-state index contributed by atoms with van der Waals surface area (Å²) in [5, 5.41) is 0. The summed E-state index contributed by atoms with van der Waals surface area (Å²) in [6.07, 6.45) is 4.65. The average molecular weight is 301 g/mol. The molecule has 1 aliphatic carbocycles. The summed E-state index contributed by atoms with van der Waals surface area (Å²) in [6.45, 7) is 2.08. The predicted molar refractivity (Wildman–Crippen MR) is 83.5 cm³/mol. The second kappa shape index (κ2) is 6.51. The molecule has 1 aromatic rings. The lowest BCUT2D eigenvalue weighted by Gasteiger charge is -2.27. The van der Waals surface area contributed by atoms with Crippen molar-refractivity contribution in [1.29, 1.82) is 0 Å². The molecule has 0 N–H and O–H groups in total. The van der Waals surface area contributed by atoms with Gasteiger partial charge in [0.05, 0.1) is 6.04 Å². The zero-order valence-corrected chi connectivity index (χ0v) is 13.0. The fourth-order valence-electron chi connectivity index (χ4n) is 3.65. The lowest BCUT2D eigenvalue weighted by Crippen LogP contribution is -2.42. The standard InChI is InChI=1S/C18H23NO3/c1-2-13(14-8-4-3-5-9-14)12-17(20)19-15-10-6-7-11-16(15)22-18(19)21/h3-5,8-9,13,15-16H,2,6-7,10-12H2,1H3/t13-,15+,16+/m1/s1. The minimum atomic E-state index is -0.440. The Kier molecular flexibility index (Phi) is 4.46. The molecule has 1 aliphatic heterocycles. The van der Waals surface area contributed by atoms with E-state index in [1.165, 1.54) is 4.90 Å². The summed E-state index contributed by atoms with van der Waals surface area (Å²) in [4.78, 5) is 26.1. The van der Waals surface area contributed by atoms with Crippen LogP contribution in [0.2, 0.25) is 0 Å². The number of nitrogens with zero attached hydrogens (tertiary/aromatic N) is 1. The molecule has 3 atom stereocenters. The Balaban J connectivity index is 1.71. The van der Waals surface area contributed by atoms with Crippen molar-refractivity contribution in [2.45, 2.75) is 63.5 Å². The number of imide groups is 1. The second-order valence-electron chi connectivity index (χ2n) is 6.26. The molecule has 0 bridgehead atoms. The summed E-state index contributed by atoms with van der Waals surface area (Å²) < 4.78 is 5.39. The van der Waals surface area contributed by atoms with Gasteiger partial charge in [-0.05, 0) is 37.2 Å². The average Bonchev–Trinajstić information content (AvgIpc) is 2.89. The molecule has 22 heavy (non-hydrogen) atoms. The smallest absolute Gasteiger partial charge is 0.417 e. The third-order valence-electron chi connectivity index (χ3n) is 4.90. The van der Waals surface area contributed by atoms with Crippen molar-refractivity contribution in [3.05, 3.63) is 35.9 Å². The Morgan fingerprint density at radius 2 is 2.00 bits per heavy atom. The van der Waals surface area contributed by atoms with Gasteiger partial charge < -0.3 is 4.74 Å². The fourth-order valence-corrected chi connectivity index (χ4v) is 3.65. The molecule has 4 heteroatoms. The first-order chi connectivity index (χ1) is 10.7. The van der Waals surface area contributed by atoms with Crippen LogP contribution >= 0.6 is 0 Å². The van der Waals surface area contributed by atoms with Crippen LogP contribution in [0.1, 0.15) is 56.9 Å². The van der Waals surface area contributed by atoms with E-state index in [-0.39, 0.29) is 24.0 Å². The monoisotopic (exact) mass is 301 g/mol. The van der Waals surface area contributed by atoms with E-state index in [0.717, 1.165) is 37.7 Å². The van der Waals surface area contributed by atoms with Gasteiger partial charge in [0.15, 0.2) is 0 Å². The third kappa shape index (κ3) is 2.87. The number of ether oxygens (including phenoxy) is 1. The van der Waals surface area contributed by atoms with Gasteiger partial charge in [-0.3, -0.25) is 4.79 Å². The van der Waals surface area contributed by atoms with Gasteiger partial charge in [0.1, 0.15) is 6.10 Å². The molecule has 3 rings (SSSR count). The van der Waals surface area contributed by atoms with E-state index in [4.69, 9.17) is 4.74 Å². The zero-order valence-electron chi connectivity index (χ0n) is 13.0. The summed E-state index contributed by atoms with van der Waals surface area (Å²) >= 11 is 0. The van der Waals surface area contributed by atoms with Gasteiger partial charge in [0, 0.05) is 6.42 Å². The third-order valence-corrected chi connectivity index (χ3v) is 4.90. The van der Waals surface area contributed by atoms with Crippen LogP contribution in [0.15, 0.2) is 30.3 Å². The lowest BCUT2D eigenvalue weighted by atomic mass is 9.90. The fraction of sp³-hybridized carbons (Fsp3) is 0.556. The van der Waals surface area contributed by atoms with Crippen LogP contribution in [-0.4, -0.2) is 29.0 Å². The van der Waals surface area contributed by atoms with Gasteiger partial charge >= 0.3 is 6.09 Å². The first-order valence-electron chi connectivity index (χ1n) is 8.28. The molecule has 2 fully saturated rings. The Bertz CT molecular complexity index is 543. The highest BCUT2D eigenvalue weighted by atomic mass is 16.6. The quantitative estimate of drug-likeness (QED) is 0.848. The molecule has 1 aromatic carbocycles. The van der Waals surface area contributed by atoms with Crippen LogP contribution < -0.4 is 0 Å². The highest BCUT2D eigenvalue weighted by Gasteiger charge is 2.46. The van der Waals surface area contributed by atoms with Crippen molar-refractivity contribution in [1.82, 2.24) is 4.90 Å². The Morgan fingerprint density at radius 3 is 2.73 bits per heavy atom. The number of carbonyl (C=O) groups excluding carboxylic acids is 2. The first kappa shape index (κ1) is 15.1. The SMILES string of the molecule is CC[C@H](CC(=O)N1C(=O)O[C@H]2CCCC[C@@H]21)c1ccccc1. The largest absolute Gasteiger partial charge is 0.444 e. The van der Waals surface area contributed by atoms with Crippen LogP contribution in [0.25, 0.3) is 0 Å². The van der Waals surface area contributed by atoms with Crippen LogP contribution in [0.5, 0.6) is 0 Å². The zero-order chi connectivity index (χ0) is 15.5. The number of rotatable bonds is 4. The number of fused-ring (bicyclic) bond motifs is 1. The molecular weight excluding hydrogens is 278 g/mol. The Morgan fingerprint density at radius 1 is 1.27 bits per heavy atom. The van der Waals surface area contributed by atoms with E-state index in [0.29, 0.717) is 6.42 Å². The van der Waals surface area contributed by atoms with Crippen LogP contribution in [0, 0.1) is 0 Å². The number of hydrogen-bond donors (Lipinski definition) is 0. The summed E-state index contributed by atoms with van der Waals surface area (Å²) in [5.41, 5.74) is 1.16. The van der Waals surface area contributed by atoms with Crippen LogP contribution in [-0.2, 0) is 9.53 Å². The molecule has 1 saturated carbocycles. The Labute approximate surface area is 131 Å². The molecular formula is C18H23NO3. The normalized spacial score (nSPS) is 25.5. The van der Waals surface area contributed by atoms with Crippen LogP contribution in [0.3, 0.4) is 0 Å². The van der Waals surface area contributed by atoms with Crippen LogP contribution in [0.4, 0.5) is 4.79 Å². The van der Waals surface area contributed by atoms with E-state index in [1.54, 1.807) is 0 Å². The van der Waals surface area contributed by atoms with E-state index >= 15 is 0 Å². The van der Waals surface area contributed by atoms with E-state index in [1.807, 2.05) is 30.3 Å². The highest BCUT2D eigenvalue weighted by molar-refractivity contribution is 5.94. The number of benzene rings is 1. The van der Waals surface area contributed by atoms with Crippen molar-refractivity contribution in [3.63, 3.8) is 0 Å². The summed E-state index contributed by atoms with van der Waals surface area (Å²) in [5.74, 6) is 0.0687. The number of carbonyl (C=O) groups is 2. The molecule has 2 aliphatic rings. The molecule has 2 amide bonds. The topological polar surface area (TPSA) is 46.6 Å². The second-order valence-corrected chi connectivity index (χ2v) is 6.26. The van der Waals surface area contributed by atoms with E-state index in [2.05, 4.69) is 6.92 Å². The summed E-state index contributed by atoms with van der Waals surface area (Å²) in [7, 11) is 0. The molecule has 1 heterocycles. The van der Waals surface area contributed by atoms with Crippen molar-refractivity contribution in [2.75, 3.05) is 0 Å². The highest BCUT2D eigenvalue weighted by Crippen LogP contribution is 2.33. The first-order valence-corrected chi connectivity index (χ1v) is 8.28. The lowest BCUT2D eigenvalue weighted by molar-refractivity contribution is -0.130. The maximum absolute atomic E-state index is 12.7. The molecule has 4 nitrogen and oxygen atoms in total. The van der Waals surface area contributed by atoms with Gasteiger partial charge in [-0.25, -0.2) is 9.69 Å². The molecule has 0 aromatic heterocycles. The molecule has 0 spiro atoms. The number of hydrogen-bond acceptors (Lipinski definition) is 3. The molecule has 1 saturated heterocycles. The maximum Gasteiger partial charge on any atom is 0.417 e. The molecule has 0 unspecified atom stereocenters. The van der Waals surface area contributed by atoms with Gasteiger partial charge in [0.25, 0.3) is 0 Å². The van der Waals surface area contributed by atoms with Crippen molar-refractivity contribution in [2.24, 2.45) is 0 Å². The van der Waals surface area contributed by atoms with Crippen molar-refractivity contribution < 1.29 is 14.3 Å². The maximum atomic E-state index is 12.7. The minimum absolute atomic E-state index is 0.0398.